The first-order chi connectivity index (χ1) is 16.0. The molecule has 0 amide bonds. The molecule has 2 heterocycles. The molecule has 1 aliphatic carbocycles. The van der Waals surface area contributed by atoms with E-state index >= 15 is 0 Å². The van der Waals surface area contributed by atoms with E-state index in [1.165, 1.54) is 12.8 Å². The lowest BCUT2D eigenvalue weighted by Gasteiger charge is -2.49. The zero-order valence-electron chi connectivity index (χ0n) is 19.2. The van der Waals surface area contributed by atoms with E-state index in [0.717, 1.165) is 18.4 Å². The van der Waals surface area contributed by atoms with E-state index in [0.29, 0.717) is 49.5 Å². The summed E-state index contributed by atoms with van der Waals surface area (Å²) >= 11 is 0. The highest BCUT2D eigenvalue weighted by Gasteiger charge is 2.64. The van der Waals surface area contributed by atoms with E-state index in [1.807, 2.05) is 25.1 Å². The van der Waals surface area contributed by atoms with Crippen molar-refractivity contribution in [3.63, 3.8) is 0 Å². The van der Waals surface area contributed by atoms with Crippen LogP contribution in [0.2, 0.25) is 0 Å². The highest BCUT2D eigenvalue weighted by atomic mass is 32.2. The fourth-order valence-corrected chi connectivity index (χ4v) is 7.73. The molecule has 3 aliphatic rings. The van der Waals surface area contributed by atoms with E-state index < -0.39 is 15.6 Å². The molecule has 0 N–H and O–H groups in total. The second kappa shape index (κ2) is 9.37. The largest absolute Gasteiger partial charge is 0.494 e. The van der Waals surface area contributed by atoms with Crippen molar-refractivity contribution in [2.75, 3.05) is 26.4 Å². The van der Waals surface area contributed by atoms with Gasteiger partial charge in [0.15, 0.2) is 0 Å². The van der Waals surface area contributed by atoms with Crippen LogP contribution >= 0.6 is 0 Å². The van der Waals surface area contributed by atoms with Crippen LogP contribution in [0.5, 0.6) is 5.75 Å². The summed E-state index contributed by atoms with van der Waals surface area (Å²) in [5, 5.41) is 0. The Labute approximate surface area is 196 Å². The fourth-order valence-electron chi connectivity index (χ4n) is 5.95. The first-order valence-electron chi connectivity index (χ1n) is 12.0. The van der Waals surface area contributed by atoms with Crippen molar-refractivity contribution in [2.45, 2.75) is 55.8 Å². The molecule has 6 nitrogen and oxygen atoms in total. The molecular weight excluding hydrogens is 438 g/mol. The third-order valence-corrected chi connectivity index (χ3v) is 9.47. The molecule has 2 aliphatic heterocycles. The van der Waals surface area contributed by atoms with Crippen molar-refractivity contribution >= 4 is 10.0 Å². The number of sulfonamides is 1. The monoisotopic (exact) mass is 471 g/mol. The fraction of sp³-hybridized carbons (Fsp3) is 0.538. The van der Waals surface area contributed by atoms with E-state index in [4.69, 9.17) is 14.2 Å². The van der Waals surface area contributed by atoms with Crippen molar-refractivity contribution < 1.29 is 22.6 Å². The number of hydrogen-bond acceptors (Lipinski definition) is 5. The van der Waals surface area contributed by atoms with Gasteiger partial charge < -0.3 is 14.2 Å². The van der Waals surface area contributed by atoms with Crippen LogP contribution in [0.1, 0.15) is 38.2 Å². The smallest absolute Gasteiger partial charge is 0.243 e. The first kappa shape index (κ1) is 22.8. The lowest BCUT2D eigenvalue weighted by molar-refractivity contribution is -0.139. The Morgan fingerprint density at radius 2 is 1.73 bits per heavy atom. The Bertz CT molecular complexity index is 1030. The maximum atomic E-state index is 13.9. The molecule has 0 radical (unpaired) electrons. The van der Waals surface area contributed by atoms with E-state index in [1.54, 1.807) is 28.6 Å². The third kappa shape index (κ3) is 4.20. The average Bonchev–Trinajstić information content (AvgIpc) is 3.45. The number of ether oxygens (including phenoxy) is 3. The quantitative estimate of drug-likeness (QED) is 0.576. The second-order valence-electron chi connectivity index (χ2n) is 9.44. The topological polar surface area (TPSA) is 65.1 Å². The van der Waals surface area contributed by atoms with Gasteiger partial charge in [0.05, 0.1) is 43.0 Å². The molecule has 3 fully saturated rings. The Balaban J connectivity index is 1.45. The normalized spacial score (nSPS) is 25.4. The highest BCUT2D eigenvalue weighted by Crippen LogP contribution is 2.51. The van der Waals surface area contributed by atoms with Gasteiger partial charge in [-0.15, -0.1) is 0 Å². The van der Waals surface area contributed by atoms with Gasteiger partial charge in [0.25, 0.3) is 0 Å². The molecule has 2 aromatic rings. The lowest BCUT2D eigenvalue weighted by atomic mass is 9.73. The van der Waals surface area contributed by atoms with Gasteiger partial charge in [-0.25, -0.2) is 8.42 Å². The van der Waals surface area contributed by atoms with Crippen molar-refractivity contribution in [3.8, 4) is 5.75 Å². The summed E-state index contributed by atoms with van der Waals surface area (Å²) in [6.45, 7) is 4.19. The minimum Gasteiger partial charge on any atom is -0.494 e. The summed E-state index contributed by atoms with van der Waals surface area (Å²) in [4.78, 5) is 0.297. The maximum Gasteiger partial charge on any atom is 0.243 e. The third-order valence-electron chi connectivity index (χ3n) is 7.50. The summed E-state index contributed by atoms with van der Waals surface area (Å²) in [6.07, 6.45) is 4.53. The summed E-state index contributed by atoms with van der Waals surface area (Å²) in [7, 11) is -3.70. The molecule has 2 saturated heterocycles. The van der Waals surface area contributed by atoms with E-state index in [9.17, 15) is 8.42 Å². The van der Waals surface area contributed by atoms with Crippen molar-refractivity contribution in [3.05, 3.63) is 60.2 Å². The predicted octanol–water partition coefficient (Wildman–Crippen LogP) is 4.25. The van der Waals surface area contributed by atoms with Crippen LogP contribution in [0, 0.1) is 11.8 Å². The Morgan fingerprint density at radius 1 is 1.03 bits per heavy atom. The molecule has 0 aromatic heterocycles. The number of nitrogens with zero attached hydrogens (tertiary/aromatic N) is 1. The number of rotatable bonds is 8. The molecule has 0 bridgehead atoms. The molecule has 178 valence electrons. The second-order valence-corrected chi connectivity index (χ2v) is 11.3. The molecular formula is C26H33NO5S. The Morgan fingerprint density at radius 3 is 2.33 bits per heavy atom. The van der Waals surface area contributed by atoms with E-state index in [-0.39, 0.29) is 12.0 Å². The van der Waals surface area contributed by atoms with Crippen LogP contribution in [0.25, 0.3) is 0 Å². The average molecular weight is 472 g/mol. The Hall–Kier alpha value is -1.93. The predicted molar refractivity (Wildman–Crippen MR) is 126 cm³/mol. The van der Waals surface area contributed by atoms with Gasteiger partial charge in [-0.1, -0.05) is 56.0 Å². The van der Waals surface area contributed by atoms with E-state index in [2.05, 4.69) is 12.1 Å². The van der Waals surface area contributed by atoms with Gasteiger partial charge in [-0.2, -0.15) is 4.31 Å². The zero-order valence-corrected chi connectivity index (χ0v) is 20.0. The van der Waals surface area contributed by atoms with Crippen LogP contribution < -0.4 is 4.74 Å². The van der Waals surface area contributed by atoms with Crippen LogP contribution in [-0.4, -0.2) is 50.7 Å². The zero-order chi connectivity index (χ0) is 22.9. The van der Waals surface area contributed by atoms with Gasteiger partial charge in [-0.3, -0.25) is 0 Å². The lowest BCUT2D eigenvalue weighted by Crippen LogP contribution is -2.65. The van der Waals surface area contributed by atoms with Crippen molar-refractivity contribution in [1.29, 1.82) is 0 Å². The molecule has 1 spiro atoms. The summed E-state index contributed by atoms with van der Waals surface area (Å²) in [5.41, 5.74) is 0.586. The number of hydrogen-bond donors (Lipinski definition) is 0. The van der Waals surface area contributed by atoms with Gasteiger partial charge in [0.2, 0.25) is 10.0 Å². The minimum atomic E-state index is -3.70. The summed E-state index contributed by atoms with van der Waals surface area (Å²) in [5.74, 6) is 1.29. The van der Waals surface area contributed by atoms with Crippen molar-refractivity contribution in [2.24, 2.45) is 11.8 Å². The SMILES string of the molecule is CCOc1ccc(S(=O)(=O)N2C[C@@H](OCc3ccccc3)C(C3CCCC3)C23COC3)cc1. The maximum absolute atomic E-state index is 13.9. The number of benzene rings is 2. The van der Waals surface area contributed by atoms with Crippen LogP contribution in [0.4, 0.5) is 0 Å². The van der Waals surface area contributed by atoms with Crippen LogP contribution in [0.3, 0.4) is 0 Å². The molecule has 2 atom stereocenters. The van der Waals surface area contributed by atoms with Gasteiger partial charge >= 0.3 is 0 Å². The van der Waals surface area contributed by atoms with Gasteiger partial charge in [0.1, 0.15) is 5.75 Å². The summed E-state index contributed by atoms with van der Waals surface area (Å²) < 4.78 is 47.1. The van der Waals surface area contributed by atoms with Gasteiger partial charge in [0, 0.05) is 12.5 Å². The molecule has 7 heteroatoms. The molecule has 33 heavy (non-hydrogen) atoms. The van der Waals surface area contributed by atoms with Crippen LogP contribution in [0.15, 0.2) is 59.5 Å². The van der Waals surface area contributed by atoms with Gasteiger partial charge in [-0.05, 0) is 42.7 Å². The van der Waals surface area contributed by atoms with Crippen molar-refractivity contribution in [1.82, 2.24) is 4.31 Å². The molecule has 1 unspecified atom stereocenters. The van der Waals surface area contributed by atoms with Crippen LogP contribution in [-0.2, 0) is 26.1 Å². The standard InChI is InChI=1S/C26H33NO5S/c1-2-31-22-12-14-23(15-13-22)33(28,29)27-16-24(32-17-20-8-4-3-5-9-20)25(21-10-6-7-11-21)26(27)18-30-19-26/h3-5,8-9,12-15,21,24-25H,2,6-7,10-11,16-19H2,1H3/t24-,25?/m1/s1. The minimum absolute atomic E-state index is 0.144. The molecule has 5 rings (SSSR count). The first-order valence-corrected chi connectivity index (χ1v) is 13.5. The highest BCUT2D eigenvalue weighted by molar-refractivity contribution is 7.89. The Kier molecular flexibility index (Phi) is 6.49. The molecule has 2 aromatic carbocycles. The molecule has 1 saturated carbocycles. The summed E-state index contributed by atoms with van der Waals surface area (Å²) in [6, 6.07) is 16.9.